The third-order valence-electron chi connectivity index (χ3n) is 2.56. The maximum absolute atomic E-state index is 8.91. The first-order chi connectivity index (χ1) is 8.79. The van der Waals surface area contributed by atoms with Crippen LogP contribution in [0.4, 0.5) is 0 Å². The maximum Gasteiger partial charge on any atom is 0.137 e. The minimum atomic E-state index is 0.576. The molecule has 0 aliphatic carbocycles. The lowest BCUT2D eigenvalue weighted by Gasteiger charge is -2.07. The van der Waals surface area contributed by atoms with Crippen LogP contribution in [-0.2, 0) is 6.54 Å². The molecule has 1 aromatic heterocycles. The number of nitriles is 1. The Hall–Kier alpha value is -2.28. The van der Waals surface area contributed by atoms with E-state index in [9.17, 15) is 0 Å². The van der Waals surface area contributed by atoms with E-state index in [4.69, 9.17) is 10.00 Å². The summed E-state index contributed by atoms with van der Waals surface area (Å²) in [4.78, 5) is 0. The zero-order valence-electron chi connectivity index (χ0n) is 10.3. The lowest BCUT2D eigenvalue weighted by atomic mass is 10.2. The van der Waals surface area contributed by atoms with Crippen LogP contribution in [0.15, 0.2) is 36.7 Å². The van der Waals surface area contributed by atoms with Crippen LogP contribution in [-0.4, -0.2) is 16.4 Å². The van der Waals surface area contributed by atoms with E-state index >= 15 is 0 Å². The molecular formula is C14H15N3O. The lowest BCUT2D eigenvalue weighted by molar-refractivity contribution is 0.298. The summed E-state index contributed by atoms with van der Waals surface area (Å²) in [6.07, 6.45) is 4.70. The molecule has 0 amide bonds. The highest BCUT2D eigenvalue weighted by Crippen LogP contribution is 2.16. The minimum absolute atomic E-state index is 0.576. The molecule has 0 aliphatic rings. The molecule has 0 spiro atoms. The smallest absolute Gasteiger partial charge is 0.137 e. The van der Waals surface area contributed by atoms with Gasteiger partial charge in [0.2, 0.25) is 0 Å². The molecule has 18 heavy (non-hydrogen) atoms. The Morgan fingerprint density at radius 2 is 2.22 bits per heavy atom. The van der Waals surface area contributed by atoms with Crippen molar-refractivity contribution in [2.45, 2.75) is 19.9 Å². The van der Waals surface area contributed by atoms with Crippen molar-refractivity contribution in [3.8, 4) is 11.8 Å². The average Bonchev–Trinajstić information content (AvgIpc) is 2.81. The Morgan fingerprint density at radius 1 is 1.39 bits per heavy atom. The molecule has 0 atom stereocenters. The molecule has 0 saturated carbocycles. The predicted molar refractivity (Wildman–Crippen MR) is 68.2 cm³/mol. The van der Waals surface area contributed by atoms with Crippen LogP contribution in [0.1, 0.15) is 17.5 Å². The topological polar surface area (TPSA) is 50.8 Å². The van der Waals surface area contributed by atoms with Gasteiger partial charge in [0.05, 0.1) is 18.4 Å². The van der Waals surface area contributed by atoms with Gasteiger partial charge in [0.15, 0.2) is 0 Å². The summed E-state index contributed by atoms with van der Waals surface area (Å²) in [7, 11) is 0. The van der Waals surface area contributed by atoms with Gasteiger partial charge in [-0.05, 0) is 24.6 Å². The van der Waals surface area contributed by atoms with Crippen LogP contribution >= 0.6 is 0 Å². The first kappa shape index (κ1) is 12.2. The third kappa shape index (κ3) is 3.11. The summed E-state index contributed by atoms with van der Waals surface area (Å²) in [5.41, 5.74) is 1.73. The Morgan fingerprint density at radius 3 is 2.94 bits per heavy atom. The standard InChI is InChI=1S/C14H15N3O/c1-12-10-16-17(11-12)7-4-8-18-14-6-3-2-5-13(14)9-15/h2-3,5-6,10-11H,4,7-8H2,1H3. The number of ether oxygens (including phenoxy) is 1. The van der Waals surface area contributed by atoms with E-state index in [2.05, 4.69) is 11.2 Å². The summed E-state index contributed by atoms with van der Waals surface area (Å²) in [5, 5.41) is 13.1. The first-order valence-corrected chi connectivity index (χ1v) is 5.90. The van der Waals surface area contributed by atoms with Crippen LogP contribution < -0.4 is 4.74 Å². The van der Waals surface area contributed by atoms with E-state index in [0.717, 1.165) is 18.5 Å². The van der Waals surface area contributed by atoms with Gasteiger partial charge >= 0.3 is 0 Å². The molecule has 0 saturated heterocycles. The van der Waals surface area contributed by atoms with Gasteiger partial charge in [0.25, 0.3) is 0 Å². The van der Waals surface area contributed by atoms with Gasteiger partial charge in [-0.15, -0.1) is 0 Å². The molecule has 0 radical (unpaired) electrons. The number of hydrogen-bond donors (Lipinski definition) is 0. The molecule has 0 bridgehead atoms. The predicted octanol–water partition coefficient (Wildman–Crippen LogP) is 2.53. The number of para-hydroxylation sites is 1. The van der Waals surface area contributed by atoms with Crippen molar-refractivity contribution in [2.75, 3.05) is 6.61 Å². The quantitative estimate of drug-likeness (QED) is 0.756. The Bertz CT molecular complexity index is 554. The minimum Gasteiger partial charge on any atom is -0.492 e. The average molecular weight is 241 g/mol. The number of aromatic nitrogens is 2. The van der Waals surface area contributed by atoms with Crippen molar-refractivity contribution in [1.82, 2.24) is 9.78 Å². The molecular weight excluding hydrogens is 226 g/mol. The summed E-state index contributed by atoms with van der Waals surface area (Å²) >= 11 is 0. The highest BCUT2D eigenvalue weighted by molar-refractivity contribution is 5.42. The Labute approximate surface area is 106 Å². The van der Waals surface area contributed by atoms with E-state index in [0.29, 0.717) is 17.9 Å². The molecule has 1 aromatic carbocycles. The first-order valence-electron chi connectivity index (χ1n) is 5.90. The van der Waals surface area contributed by atoms with E-state index in [-0.39, 0.29) is 0 Å². The van der Waals surface area contributed by atoms with Gasteiger partial charge in [-0.3, -0.25) is 4.68 Å². The molecule has 92 valence electrons. The van der Waals surface area contributed by atoms with Crippen molar-refractivity contribution < 1.29 is 4.74 Å². The highest BCUT2D eigenvalue weighted by atomic mass is 16.5. The third-order valence-corrected chi connectivity index (χ3v) is 2.56. The zero-order valence-corrected chi connectivity index (χ0v) is 10.3. The molecule has 0 N–H and O–H groups in total. The normalized spacial score (nSPS) is 10.0. The number of hydrogen-bond acceptors (Lipinski definition) is 3. The Kier molecular flexibility index (Phi) is 3.98. The van der Waals surface area contributed by atoms with Gasteiger partial charge in [0, 0.05) is 19.2 Å². The van der Waals surface area contributed by atoms with Gasteiger partial charge in [-0.25, -0.2) is 0 Å². The fraction of sp³-hybridized carbons (Fsp3) is 0.286. The summed E-state index contributed by atoms with van der Waals surface area (Å²) in [5.74, 6) is 0.650. The monoisotopic (exact) mass is 241 g/mol. The van der Waals surface area contributed by atoms with Gasteiger partial charge in [0.1, 0.15) is 11.8 Å². The molecule has 4 nitrogen and oxygen atoms in total. The zero-order chi connectivity index (χ0) is 12.8. The van der Waals surface area contributed by atoms with Crippen molar-refractivity contribution in [3.63, 3.8) is 0 Å². The molecule has 4 heteroatoms. The summed E-state index contributed by atoms with van der Waals surface area (Å²) in [6, 6.07) is 9.39. The van der Waals surface area contributed by atoms with Crippen molar-refractivity contribution in [2.24, 2.45) is 0 Å². The molecule has 0 aliphatic heterocycles. The van der Waals surface area contributed by atoms with Crippen LogP contribution in [0.5, 0.6) is 5.75 Å². The Balaban J connectivity index is 1.80. The van der Waals surface area contributed by atoms with E-state index < -0.39 is 0 Å². The van der Waals surface area contributed by atoms with Crippen LogP contribution in [0.25, 0.3) is 0 Å². The highest BCUT2D eigenvalue weighted by Gasteiger charge is 2.01. The molecule has 2 aromatic rings. The van der Waals surface area contributed by atoms with Gasteiger partial charge < -0.3 is 4.74 Å². The second-order valence-electron chi connectivity index (χ2n) is 4.09. The van der Waals surface area contributed by atoms with Crippen LogP contribution in [0.3, 0.4) is 0 Å². The largest absolute Gasteiger partial charge is 0.492 e. The van der Waals surface area contributed by atoms with Crippen LogP contribution in [0.2, 0.25) is 0 Å². The summed E-state index contributed by atoms with van der Waals surface area (Å²) < 4.78 is 7.49. The molecule has 0 fully saturated rings. The van der Waals surface area contributed by atoms with Gasteiger partial charge in [-0.1, -0.05) is 12.1 Å². The van der Waals surface area contributed by atoms with E-state index in [1.54, 1.807) is 6.07 Å². The van der Waals surface area contributed by atoms with E-state index in [1.165, 1.54) is 0 Å². The number of rotatable bonds is 5. The van der Waals surface area contributed by atoms with Crippen molar-refractivity contribution in [3.05, 3.63) is 47.8 Å². The van der Waals surface area contributed by atoms with Crippen molar-refractivity contribution >= 4 is 0 Å². The molecule has 1 heterocycles. The fourth-order valence-electron chi connectivity index (χ4n) is 1.68. The number of nitrogens with zero attached hydrogens (tertiary/aromatic N) is 3. The van der Waals surface area contributed by atoms with Gasteiger partial charge in [-0.2, -0.15) is 10.4 Å². The summed E-state index contributed by atoms with van der Waals surface area (Å²) in [6.45, 7) is 3.42. The van der Waals surface area contributed by atoms with Crippen molar-refractivity contribution in [1.29, 1.82) is 5.26 Å². The molecule has 2 rings (SSSR count). The maximum atomic E-state index is 8.91. The second-order valence-corrected chi connectivity index (χ2v) is 4.09. The number of benzene rings is 1. The lowest BCUT2D eigenvalue weighted by Crippen LogP contribution is -2.05. The van der Waals surface area contributed by atoms with E-state index in [1.807, 2.05) is 42.2 Å². The number of aryl methyl sites for hydroxylation is 2. The molecule has 0 unspecified atom stereocenters. The SMILES string of the molecule is Cc1cnn(CCCOc2ccccc2C#N)c1. The van der Waals surface area contributed by atoms with Crippen LogP contribution in [0, 0.1) is 18.3 Å². The fourth-order valence-corrected chi connectivity index (χ4v) is 1.68. The second kappa shape index (κ2) is 5.87.